The second-order valence-corrected chi connectivity index (χ2v) is 9.40. The van der Waals surface area contributed by atoms with Gasteiger partial charge in [-0.1, -0.05) is 59.3 Å². The monoisotopic (exact) mass is 457 g/mol. The maximum absolute atomic E-state index is 13.5. The molecular weight excluding hydrogens is 430 g/mol. The van der Waals surface area contributed by atoms with E-state index in [1.165, 1.54) is 11.8 Å². The van der Waals surface area contributed by atoms with E-state index in [1.807, 2.05) is 71.0 Å². The highest BCUT2D eigenvalue weighted by Gasteiger charge is 2.17. The van der Waals surface area contributed by atoms with Crippen molar-refractivity contribution in [2.45, 2.75) is 39.8 Å². The van der Waals surface area contributed by atoms with Crippen LogP contribution in [0.5, 0.6) is 0 Å². The number of aromatic nitrogens is 2. The van der Waals surface area contributed by atoms with Crippen molar-refractivity contribution in [1.82, 2.24) is 9.55 Å². The Morgan fingerprint density at radius 1 is 0.909 bits per heavy atom. The van der Waals surface area contributed by atoms with Gasteiger partial charge < -0.3 is 5.32 Å². The summed E-state index contributed by atoms with van der Waals surface area (Å²) in [7, 11) is 0. The molecule has 0 saturated heterocycles. The van der Waals surface area contributed by atoms with Crippen molar-refractivity contribution in [2.24, 2.45) is 0 Å². The Hall–Kier alpha value is -3.38. The van der Waals surface area contributed by atoms with Crippen LogP contribution in [0, 0.1) is 34.6 Å². The van der Waals surface area contributed by atoms with Crippen molar-refractivity contribution in [3.63, 3.8) is 0 Å². The van der Waals surface area contributed by atoms with Gasteiger partial charge in [0.1, 0.15) is 0 Å². The topological polar surface area (TPSA) is 64.0 Å². The van der Waals surface area contributed by atoms with Crippen molar-refractivity contribution in [1.29, 1.82) is 0 Å². The predicted octanol–water partition coefficient (Wildman–Crippen LogP) is 5.66. The summed E-state index contributed by atoms with van der Waals surface area (Å²) < 4.78 is 1.62. The molecule has 0 radical (unpaired) electrons. The lowest BCUT2D eigenvalue weighted by molar-refractivity contribution is -0.113. The summed E-state index contributed by atoms with van der Waals surface area (Å²) >= 11 is 1.27. The number of carbonyl (C=O) groups excluding carboxylic acids is 1. The average molecular weight is 458 g/mol. The highest BCUT2D eigenvalue weighted by atomic mass is 32.2. The maximum Gasteiger partial charge on any atom is 0.266 e. The van der Waals surface area contributed by atoms with E-state index in [0.717, 1.165) is 39.2 Å². The SMILES string of the molecule is Cc1ccc(-n2c(SCC(=O)Nc3c(C)cc(C)cc3C)nc3ccccc3c2=O)c(C)c1. The van der Waals surface area contributed by atoms with Crippen molar-refractivity contribution < 1.29 is 4.79 Å². The number of amides is 1. The van der Waals surface area contributed by atoms with Crippen LogP contribution in [0.25, 0.3) is 16.6 Å². The molecule has 1 amide bonds. The molecule has 0 atom stereocenters. The van der Waals surface area contributed by atoms with Crippen LogP contribution in [0.4, 0.5) is 5.69 Å². The van der Waals surface area contributed by atoms with Crippen LogP contribution in [0.3, 0.4) is 0 Å². The number of para-hydroxylation sites is 1. The van der Waals surface area contributed by atoms with Gasteiger partial charge >= 0.3 is 0 Å². The number of fused-ring (bicyclic) bond motifs is 1. The van der Waals surface area contributed by atoms with Gasteiger partial charge in [0.2, 0.25) is 5.91 Å². The molecule has 5 nitrogen and oxygen atoms in total. The largest absolute Gasteiger partial charge is 0.325 e. The van der Waals surface area contributed by atoms with E-state index in [2.05, 4.69) is 17.4 Å². The van der Waals surface area contributed by atoms with Gasteiger partial charge in [-0.15, -0.1) is 0 Å². The van der Waals surface area contributed by atoms with Gasteiger partial charge in [-0.2, -0.15) is 0 Å². The highest BCUT2D eigenvalue weighted by Crippen LogP contribution is 2.25. The molecule has 1 aromatic heterocycles. The molecule has 4 rings (SSSR count). The first kappa shape index (κ1) is 22.8. The summed E-state index contributed by atoms with van der Waals surface area (Å²) in [5.74, 6) is 0.00672. The van der Waals surface area contributed by atoms with Crippen LogP contribution in [0.2, 0.25) is 0 Å². The number of benzene rings is 3. The molecule has 33 heavy (non-hydrogen) atoms. The van der Waals surface area contributed by atoms with Gasteiger partial charge in [-0.05, 0) is 69.5 Å². The second-order valence-electron chi connectivity index (χ2n) is 8.45. The Morgan fingerprint density at radius 2 is 1.58 bits per heavy atom. The van der Waals surface area contributed by atoms with Gasteiger partial charge in [0.15, 0.2) is 5.16 Å². The van der Waals surface area contributed by atoms with Gasteiger partial charge in [-0.3, -0.25) is 14.2 Å². The number of carbonyl (C=O) groups is 1. The number of thioether (sulfide) groups is 1. The fourth-order valence-electron chi connectivity index (χ4n) is 4.16. The molecule has 1 N–H and O–H groups in total. The smallest absolute Gasteiger partial charge is 0.266 e. The first-order chi connectivity index (χ1) is 15.7. The quantitative estimate of drug-likeness (QED) is 0.310. The second kappa shape index (κ2) is 9.24. The zero-order valence-electron chi connectivity index (χ0n) is 19.5. The Balaban J connectivity index is 1.70. The number of aryl methyl sites for hydroxylation is 5. The van der Waals surface area contributed by atoms with Gasteiger partial charge in [-0.25, -0.2) is 4.98 Å². The summed E-state index contributed by atoms with van der Waals surface area (Å²) in [5, 5.41) is 4.08. The number of hydrogen-bond donors (Lipinski definition) is 1. The van der Waals surface area contributed by atoms with Crippen LogP contribution in [-0.2, 0) is 4.79 Å². The molecule has 3 aromatic carbocycles. The van der Waals surface area contributed by atoms with Crippen molar-refractivity contribution in [3.05, 3.63) is 92.8 Å². The van der Waals surface area contributed by atoms with Crippen LogP contribution in [-0.4, -0.2) is 21.2 Å². The third-order valence-corrected chi connectivity index (χ3v) is 6.55. The Labute approximate surface area is 197 Å². The lowest BCUT2D eigenvalue weighted by Crippen LogP contribution is -2.23. The first-order valence-corrected chi connectivity index (χ1v) is 11.8. The highest BCUT2D eigenvalue weighted by molar-refractivity contribution is 7.99. The normalized spacial score (nSPS) is 11.1. The average Bonchev–Trinajstić information content (AvgIpc) is 2.76. The first-order valence-electron chi connectivity index (χ1n) is 10.8. The minimum atomic E-state index is -0.138. The van der Waals surface area contributed by atoms with Gasteiger partial charge in [0, 0.05) is 5.69 Å². The molecule has 0 bridgehead atoms. The summed E-state index contributed by atoms with van der Waals surface area (Å²) in [6.07, 6.45) is 0. The molecule has 0 saturated carbocycles. The zero-order chi connectivity index (χ0) is 23.7. The molecular formula is C27H27N3O2S. The predicted molar refractivity (Wildman–Crippen MR) is 137 cm³/mol. The van der Waals surface area contributed by atoms with Crippen LogP contribution in [0.15, 0.2) is 64.5 Å². The van der Waals surface area contributed by atoms with E-state index >= 15 is 0 Å². The molecule has 0 spiro atoms. The summed E-state index contributed by atoms with van der Waals surface area (Å²) in [6, 6.07) is 17.4. The molecule has 0 fully saturated rings. The van der Waals surface area contributed by atoms with E-state index in [4.69, 9.17) is 4.98 Å². The number of nitrogens with zero attached hydrogens (tertiary/aromatic N) is 2. The van der Waals surface area contributed by atoms with Crippen molar-refractivity contribution >= 4 is 34.3 Å². The van der Waals surface area contributed by atoms with Gasteiger partial charge in [0.25, 0.3) is 5.56 Å². The molecule has 0 unspecified atom stereocenters. The maximum atomic E-state index is 13.5. The summed E-state index contributed by atoms with van der Waals surface area (Å²) in [6.45, 7) is 10.0. The molecule has 6 heteroatoms. The standard InChI is InChI=1S/C27H27N3O2S/c1-16-10-11-23(18(3)12-16)30-26(32)21-8-6-7-9-22(21)28-27(30)33-15-24(31)29-25-19(4)13-17(2)14-20(25)5/h6-14H,15H2,1-5H3,(H,29,31). The fourth-order valence-corrected chi connectivity index (χ4v) is 4.97. The Morgan fingerprint density at radius 3 is 2.27 bits per heavy atom. The fraction of sp³-hybridized carbons (Fsp3) is 0.222. The van der Waals surface area contributed by atoms with Crippen LogP contribution >= 0.6 is 11.8 Å². The van der Waals surface area contributed by atoms with Gasteiger partial charge in [0.05, 0.1) is 22.3 Å². The van der Waals surface area contributed by atoms with E-state index in [-0.39, 0.29) is 17.2 Å². The molecule has 0 aliphatic carbocycles. The Bertz CT molecular complexity index is 1420. The van der Waals surface area contributed by atoms with Crippen molar-refractivity contribution in [2.75, 3.05) is 11.1 Å². The minimum Gasteiger partial charge on any atom is -0.325 e. The molecule has 0 aliphatic rings. The number of hydrogen-bond acceptors (Lipinski definition) is 4. The summed E-state index contributed by atoms with van der Waals surface area (Å²) in [4.78, 5) is 31.0. The Kier molecular flexibility index (Phi) is 6.38. The van der Waals surface area contributed by atoms with Crippen LogP contribution < -0.4 is 10.9 Å². The third-order valence-electron chi connectivity index (χ3n) is 5.61. The number of rotatable bonds is 5. The zero-order valence-corrected chi connectivity index (χ0v) is 20.3. The van der Waals surface area contributed by atoms with Crippen LogP contribution in [0.1, 0.15) is 27.8 Å². The third kappa shape index (κ3) is 4.71. The van der Waals surface area contributed by atoms with E-state index in [1.54, 1.807) is 10.6 Å². The van der Waals surface area contributed by atoms with E-state index in [0.29, 0.717) is 16.1 Å². The molecule has 4 aromatic rings. The number of nitrogens with one attached hydrogen (secondary N) is 1. The number of anilines is 1. The molecule has 0 aliphatic heterocycles. The van der Waals surface area contributed by atoms with E-state index in [9.17, 15) is 9.59 Å². The molecule has 1 heterocycles. The lowest BCUT2D eigenvalue weighted by atomic mass is 10.1. The lowest BCUT2D eigenvalue weighted by Gasteiger charge is -2.16. The minimum absolute atomic E-state index is 0.135. The van der Waals surface area contributed by atoms with Crippen molar-refractivity contribution in [3.8, 4) is 5.69 Å². The molecule has 168 valence electrons. The van der Waals surface area contributed by atoms with E-state index < -0.39 is 0 Å². The summed E-state index contributed by atoms with van der Waals surface area (Å²) in [5.41, 5.74) is 7.42.